The fourth-order valence-corrected chi connectivity index (χ4v) is 2.05. The average molecular weight is 298 g/mol. The molecule has 0 aromatic heterocycles. The smallest absolute Gasteiger partial charge is 0.0184 e. The van der Waals surface area contributed by atoms with E-state index in [4.69, 9.17) is 0 Å². The topological polar surface area (TPSA) is 0 Å². The standard InChI is InChI=1S/C23H22/c1-21-15-9-7-8-12-19-23(20-14-13-16-21)22-17-10-5-3-2-4-6-11-18-22/h2-20H,1H3. The van der Waals surface area contributed by atoms with Crippen molar-refractivity contribution in [2.75, 3.05) is 0 Å². The van der Waals surface area contributed by atoms with Crippen LogP contribution < -0.4 is 0 Å². The highest BCUT2D eigenvalue weighted by atomic mass is 14.0. The number of rotatable bonds is 1. The Kier molecular flexibility index (Phi) is 7.15. The first-order valence-electron chi connectivity index (χ1n) is 7.82. The minimum Gasteiger partial charge on any atom is -0.0623 e. The van der Waals surface area contributed by atoms with Gasteiger partial charge in [-0.1, -0.05) is 121 Å². The van der Waals surface area contributed by atoms with E-state index in [0.717, 1.165) is 0 Å². The largest absolute Gasteiger partial charge is 0.0623 e. The van der Waals surface area contributed by atoms with Gasteiger partial charge in [-0.05, 0) is 18.1 Å². The molecule has 0 saturated carbocycles. The summed E-state index contributed by atoms with van der Waals surface area (Å²) >= 11 is 0. The van der Waals surface area contributed by atoms with Crippen LogP contribution in [0.2, 0.25) is 0 Å². The van der Waals surface area contributed by atoms with Crippen molar-refractivity contribution < 1.29 is 0 Å². The lowest BCUT2D eigenvalue weighted by Gasteiger charge is -1.99. The van der Waals surface area contributed by atoms with Crippen molar-refractivity contribution in [3.8, 4) is 0 Å². The Morgan fingerprint density at radius 2 is 1.09 bits per heavy atom. The van der Waals surface area contributed by atoms with Crippen LogP contribution in [0.15, 0.2) is 121 Å². The number of hydrogen-bond donors (Lipinski definition) is 0. The molecule has 0 N–H and O–H groups in total. The summed E-state index contributed by atoms with van der Waals surface area (Å²) in [6.07, 6.45) is 20.8. The lowest BCUT2D eigenvalue weighted by molar-refractivity contribution is 1.52. The van der Waals surface area contributed by atoms with Gasteiger partial charge in [0, 0.05) is 0 Å². The first-order chi connectivity index (χ1) is 11.4. The molecule has 0 nitrogen and oxygen atoms in total. The molecule has 114 valence electrons. The van der Waals surface area contributed by atoms with Crippen molar-refractivity contribution in [2.24, 2.45) is 0 Å². The molecule has 0 spiro atoms. The van der Waals surface area contributed by atoms with Crippen LogP contribution >= 0.6 is 0 Å². The van der Waals surface area contributed by atoms with Crippen molar-refractivity contribution in [2.45, 2.75) is 6.92 Å². The van der Waals surface area contributed by atoms with E-state index < -0.39 is 0 Å². The van der Waals surface area contributed by atoms with Gasteiger partial charge in [-0.15, -0.1) is 0 Å². The normalized spacial score (nSPS) is 14.1. The highest BCUT2D eigenvalue weighted by molar-refractivity contribution is 5.75. The maximum absolute atomic E-state index is 2.13. The first kappa shape index (κ1) is 16.5. The summed E-state index contributed by atoms with van der Waals surface area (Å²) in [6, 6.07) is 18.5. The molecule has 1 aromatic rings. The molecule has 0 bridgehead atoms. The van der Waals surface area contributed by atoms with Crippen molar-refractivity contribution in [1.82, 2.24) is 0 Å². The van der Waals surface area contributed by atoms with E-state index in [2.05, 4.69) is 79.8 Å². The third-order valence-electron chi connectivity index (χ3n) is 3.27. The van der Waals surface area contributed by atoms with E-state index in [9.17, 15) is 0 Å². The second kappa shape index (κ2) is 9.97. The first-order valence-corrected chi connectivity index (χ1v) is 7.82. The molecule has 1 aliphatic rings. The van der Waals surface area contributed by atoms with Crippen molar-refractivity contribution in [3.63, 3.8) is 0 Å². The summed E-state index contributed by atoms with van der Waals surface area (Å²) in [5, 5.41) is 0. The van der Waals surface area contributed by atoms with E-state index in [1.807, 2.05) is 42.5 Å². The van der Waals surface area contributed by atoms with E-state index in [-0.39, 0.29) is 0 Å². The quantitative estimate of drug-likeness (QED) is 0.564. The Bertz CT molecular complexity index is 711. The third kappa shape index (κ3) is 6.62. The molecule has 0 saturated heterocycles. The molecule has 0 atom stereocenters. The predicted octanol–water partition coefficient (Wildman–Crippen LogP) is 6.38. The van der Waals surface area contributed by atoms with Crippen LogP contribution in [-0.4, -0.2) is 0 Å². The van der Waals surface area contributed by atoms with E-state index in [0.29, 0.717) is 0 Å². The van der Waals surface area contributed by atoms with Crippen molar-refractivity contribution >= 4 is 5.57 Å². The van der Waals surface area contributed by atoms with Crippen LogP contribution in [0.1, 0.15) is 12.5 Å². The number of hydrogen-bond acceptors (Lipinski definition) is 0. The SMILES string of the molecule is CC1=CC=CC=C(c2ccccccccc2)C=CC=CC=C1. The molecule has 1 aromatic carbocycles. The van der Waals surface area contributed by atoms with Gasteiger partial charge in [0.25, 0.3) is 0 Å². The molecular weight excluding hydrogens is 276 g/mol. The monoisotopic (exact) mass is 298 g/mol. The van der Waals surface area contributed by atoms with E-state index in [1.165, 1.54) is 16.7 Å². The summed E-state index contributed by atoms with van der Waals surface area (Å²) < 4.78 is 0. The minimum atomic E-state index is 1.17. The molecule has 0 fully saturated rings. The Balaban J connectivity index is 2.44. The zero-order valence-electron chi connectivity index (χ0n) is 13.5. The van der Waals surface area contributed by atoms with Crippen molar-refractivity contribution in [1.29, 1.82) is 0 Å². The van der Waals surface area contributed by atoms with Gasteiger partial charge in [0.1, 0.15) is 0 Å². The zero-order chi connectivity index (χ0) is 16.2. The van der Waals surface area contributed by atoms with Gasteiger partial charge in [-0.3, -0.25) is 0 Å². The second-order valence-electron chi connectivity index (χ2n) is 5.16. The van der Waals surface area contributed by atoms with Crippen LogP contribution in [-0.2, 0) is 0 Å². The Labute approximate surface area is 139 Å². The Morgan fingerprint density at radius 3 is 1.78 bits per heavy atom. The predicted molar refractivity (Wildman–Crippen MR) is 102 cm³/mol. The highest BCUT2D eigenvalue weighted by Crippen LogP contribution is 2.15. The van der Waals surface area contributed by atoms with Gasteiger partial charge in [0.15, 0.2) is 0 Å². The Morgan fingerprint density at radius 1 is 0.522 bits per heavy atom. The zero-order valence-corrected chi connectivity index (χ0v) is 13.5. The number of allylic oxidation sites excluding steroid dienone is 12. The maximum atomic E-state index is 2.13. The van der Waals surface area contributed by atoms with Crippen molar-refractivity contribution in [3.05, 3.63) is 126 Å². The molecule has 1 aliphatic carbocycles. The van der Waals surface area contributed by atoms with Gasteiger partial charge in [-0.25, -0.2) is 0 Å². The fraction of sp³-hybridized carbons (Fsp3) is 0.0435. The third-order valence-corrected chi connectivity index (χ3v) is 3.27. The molecule has 0 radical (unpaired) electrons. The summed E-state index contributed by atoms with van der Waals surface area (Å²) in [4.78, 5) is 0. The van der Waals surface area contributed by atoms with Crippen LogP contribution in [0, 0.1) is 0 Å². The van der Waals surface area contributed by atoms with Crippen LogP contribution in [0.4, 0.5) is 0 Å². The van der Waals surface area contributed by atoms with Gasteiger partial charge in [-0.2, -0.15) is 0 Å². The summed E-state index contributed by atoms with van der Waals surface area (Å²) in [5.41, 5.74) is 3.56. The van der Waals surface area contributed by atoms with Gasteiger partial charge >= 0.3 is 0 Å². The van der Waals surface area contributed by atoms with Gasteiger partial charge < -0.3 is 0 Å². The lowest BCUT2D eigenvalue weighted by atomic mass is 10.1. The van der Waals surface area contributed by atoms with Crippen LogP contribution in [0.5, 0.6) is 0 Å². The van der Waals surface area contributed by atoms with Gasteiger partial charge in [0.05, 0.1) is 0 Å². The second-order valence-corrected chi connectivity index (χ2v) is 5.16. The van der Waals surface area contributed by atoms with Gasteiger partial charge in [0.2, 0.25) is 0 Å². The Hall–Kier alpha value is -2.86. The molecule has 0 amide bonds. The molecule has 2 rings (SSSR count). The maximum Gasteiger partial charge on any atom is -0.0184 e. The fourth-order valence-electron chi connectivity index (χ4n) is 2.05. The molecular formula is C23H22. The highest BCUT2D eigenvalue weighted by Gasteiger charge is 1.93. The van der Waals surface area contributed by atoms with Crippen LogP contribution in [0.25, 0.3) is 5.57 Å². The molecule has 0 heteroatoms. The van der Waals surface area contributed by atoms with E-state index in [1.54, 1.807) is 0 Å². The lowest BCUT2D eigenvalue weighted by Crippen LogP contribution is -1.78. The molecule has 23 heavy (non-hydrogen) atoms. The summed E-state index contributed by atoms with van der Waals surface area (Å²) in [7, 11) is 0. The molecule has 0 heterocycles. The average Bonchev–Trinajstić information content (AvgIpc) is 2.56. The van der Waals surface area contributed by atoms with Crippen LogP contribution in [0.3, 0.4) is 0 Å². The summed E-state index contributed by atoms with van der Waals surface area (Å²) in [6.45, 7) is 2.10. The minimum absolute atomic E-state index is 1.17. The summed E-state index contributed by atoms with van der Waals surface area (Å²) in [5.74, 6) is 0. The molecule has 0 unspecified atom stereocenters. The van der Waals surface area contributed by atoms with E-state index >= 15 is 0 Å². The molecule has 0 aliphatic heterocycles.